The molecule has 0 saturated heterocycles. The second kappa shape index (κ2) is 4.53. The molecule has 3 nitrogen and oxygen atoms in total. The largest absolute Gasteiger partial charge is 0.392 e. The Hall–Kier alpha value is -0.960. The highest BCUT2D eigenvalue weighted by Gasteiger charge is 2.60. The summed E-state index contributed by atoms with van der Waals surface area (Å²) >= 11 is 0. The number of ketones is 2. The van der Waals surface area contributed by atoms with Crippen molar-refractivity contribution in [3.8, 4) is 0 Å². The van der Waals surface area contributed by atoms with Crippen molar-refractivity contribution in [2.24, 2.45) is 28.6 Å². The Bertz CT molecular complexity index is 577. The van der Waals surface area contributed by atoms with Gasteiger partial charge in [-0.1, -0.05) is 19.4 Å². The van der Waals surface area contributed by atoms with E-state index in [0.717, 1.165) is 38.5 Å². The van der Waals surface area contributed by atoms with Crippen molar-refractivity contribution in [3.05, 3.63) is 11.6 Å². The Kier molecular flexibility index (Phi) is 3.01. The third-order valence-electron chi connectivity index (χ3n) is 7.78. The highest BCUT2D eigenvalue weighted by Crippen LogP contribution is 2.64. The van der Waals surface area contributed by atoms with Gasteiger partial charge in [0.1, 0.15) is 5.78 Å². The zero-order valence-corrected chi connectivity index (χ0v) is 13.6. The van der Waals surface area contributed by atoms with E-state index in [1.165, 1.54) is 5.57 Å². The van der Waals surface area contributed by atoms with Crippen molar-refractivity contribution in [1.82, 2.24) is 0 Å². The zero-order chi connectivity index (χ0) is 15.7. The number of hydrogen-bond acceptors (Lipinski definition) is 3. The summed E-state index contributed by atoms with van der Waals surface area (Å²) in [4.78, 5) is 24.2. The second-order valence-corrected chi connectivity index (χ2v) is 8.47. The summed E-state index contributed by atoms with van der Waals surface area (Å²) in [6, 6.07) is 0. The molecule has 120 valence electrons. The number of carbonyl (C=O) groups is 2. The molecule has 1 N–H and O–H groups in total. The van der Waals surface area contributed by atoms with Crippen LogP contribution in [0.4, 0.5) is 0 Å². The van der Waals surface area contributed by atoms with Crippen LogP contribution in [0.25, 0.3) is 0 Å². The Labute approximate surface area is 132 Å². The van der Waals surface area contributed by atoms with Crippen LogP contribution in [0.1, 0.15) is 58.8 Å². The Morgan fingerprint density at radius 3 is 2.64 bits per heavy atom. The Balaban J connectivity index is 1.73. The summed E-state index contributed by atoms with van der Waals surface area (Å²) in [6.45, 7) is 4.35. The maximum absolute atomic E-state index is 12.4. The van der Waals surface area contributed by atoms with Crippen LogP contribution in [0.2, 0.25) is 0 Å². The second-order valence-electron chi connectivity index (χ2n) is 8.47. The third-order valence-corrected chi connectivity index (χ3v) is 7.78. The number of aliphatic hydroxyl groups is 1. The summed E-state index contributed by atoms with van der Waals surface area (Å²) in [5.74, 6) is 1.99. The van der Waals surface area contributed by atoms with E-state index in [1.807, 2.05) is 6.08 Å². The minimum Gasteiger partial charge on any atom is -0.392 e. The zero-order valence-electron chi connectivity index (χ0n) is 13.6. The van der Waals surface area contributed by atoms with Crippen molar-refractivity contribution < 1.29 is 14.7 Å². The quantitative estimate of drug-likeness (QED) is 0.748. The van der Waals surface area contributed by atoms with Crippen LogP contribution < -0.4 is 0 Å². The van der Waals surface area contributed by atoms with Gasteiger partial charge in [-0.05, 0) is 55.9 Å². The van der Waals surface area contributed by atoms with Gasteiger partial charge in [0, 0.05) is 23.7 Å². The normalized spacial score (nSPS) is 51.0. The smallest absolute Gasteiger partial charge is 0.158 e. The minimum absolute atomic E-state index is 0.0788. The van der Waals surface area contributed by atoms with Crippen LogP contribution in [-0.4, -0.2) is 22.8 Å². The molecule has 0 spiro atoms. The Morgan fingerprint density at radius 2 is 1.86 bits per heavy atom. The SMILES string of the molecule is C[C@@]12C(=CC(=O)C[C@H]1O)CC[C@@H]1[C@@H]2CC[C@]2(C)C(=O)CC[C@@H]12. The first kappa shape index (κ1) is 14.6. The van der Waals surface area contributed by atoms with Gasteiger partial charge in [0.2, 0.25) is 0 Å². The Morgan fingerprint density at radius 1 is 1.09 bits per heavy atom. The van der Waals surface area contributed by atoms with Crippen molar-refractivity contribution in [2.75, 3.05) is 0 Å². The van der Waals surface area contributed by atoms with Crippen molar-refractivity contribution in [2.45, 2.75) is 64.9 Å². The topological polar surface area (TPSA) is 54.4 Å². The molecule has 3 fully saturated rings. The third kappa shape index (κ3) is 1.66. The summed E-state index contributed by atoms with van der Waals surface area (Å²) in [6.07, 6.45) is 7.28. The first-order valence-corrected chi connectivity index (χ1v) is 8.82. The van der Waals surface area contributed by atoms with Crippen molar-refractivity contribution >= 4 is 11.6 Å². The molecule has 0 aromatic heterocycles. The van der Waals surface area contributed by atoms with E-state index in [9.17, 15) is 14.7 Å². The van der Waals surface area contributed by atoms with E-state index in [1.54, 1.807) is 0 Å². The highest BCUT2D eigenvalue weighted by molar-refractivity contribution is 5.92. The fraction of sp³-hybridized carbons (Fsp3) is 0.789. The maximum atomic E-state index is 12.4. The standard InChI is InChI=1S/C19H26O3/c1-18-8-7-15-13(14(18)5-6-16(18)21)4-3-11-9-12(20)10-17(22)19(11,15)2/h9,13-15,17,22H,3-8,10H2,1-2H3/t13-,14-,15-,17+,18-,19-/m0/s1. The molecule has 0 bridgehead atoms. The summed E-state index contributed by atoms with van der Waals surface area (Å²) < 4.78 is 0. The molecular weight excluding hydrogens is 276 g/mol. The van der Waals surface area contributed by atoms with Crippen molar-refractivity contribution in [3.63, 3.8) is 0 Å². The number of aliphatic hydroxyl groups excluding tert-OH is 1. The molecule has 3 saturated carbocycles. The van der Waals surface area contributed by atoms with Gasteiger partial charge in [-0.3, -0.25) is 9.59 Å². The average molecular weight is 302 g/mol. The van der Waals surface area contributed by atoms with Gasteiger partial charge < -0.3 is 5.11 Å². The number of hydrogen-bond donors (Lipinski definition) is 1. The molecule has 0 radical (unpaired) electrons. The van der Waals surface area contributed by atoms with Crippen LogP contribution >= 0.6 is 0 Å². The lowest BCUT2D eigenvalue weighted by Crippen LogP contribution is -2.55. The van der Waals surface area contributed by atoms with Crippen LogP contribution in [0.3, 0.4) is 0 Å². The minimum atomic E-state index is -0.547. The first-order valence-electron chi connectivity index (χ1n) is 8.82. The molecule has 0 aromatic rings. The van der Waals surface area contributed by atoms with E-state index in [-0.39, 0.29) is 23.0 Å². The number of rotatable bonds is 0. The van der Waals surface area contributed by atoms with Gasteiger partial charge in [-0.25, -0.2) is 0 Å². The molecule has 22 heavy (non-hydrogen) atoms. The molecule has 3 heteroatoms. The van der Waals surface area contributed by atoms with Gasteiger partial charge in [-0.2, -0.15) is 0 Å². The van der Waals surface area contributed by atoms with E-state index in [0.29, 0.717) is 23.5 Å². The number of Topliss-reactive ketones (excluding diaryl/α,β-unsaturated/α-hetero) is 1. The lowest BCUT2D eigenvalue weighted by atomic mass is 9.47. The lowest BCUT2D eigenvalue weighted by molar-refractivity contribution is -0.136. The van der Waals surface area contributed by atoms with Crippen LogP contribution in [-0.2, 0) is 9.59 Å². The molecule has 0 heterocycles. The summed E-state index contributed by atoms with van der Waals surface area (Å²) in [7, 11) is 0. The first-order chi connectivity index (χ1) is 10.4. The highest BCUT2D eigenvalue weighted by atomic mass is 16.3. The van der Waals surface area contributed by atoms with E-state index in [2.05, 4.69) is 13.8 Å². The van der Waals surface area contributed by atoms with Gasteiger partial charge in [-0.15, -0.1) is 0 Å². The fourth-order valence-electron chi connectivity index (χ4n) is 6.38. The van der Waals surface area contributed by atoms with E-state index < -0.39 is 6.10 Å². The van der Waals surface area contributed by atoms with Crippen molar-refractivity contribution in [1.29, 1.82) is 0 Å². The molecule has 4 rings (SSSR count). The number of carbonyl (C=O) groups excluding carboxylic acids is 2. The molecule has 0 aliphatic heterocycles. The van der Waals surface area contributed by atoms with Crippen LogP contribution in [0.15, 0.2) is 11.6 Å². The average Bonchev–Trinajstić information content (AvgIpc) is 2.77. The van der Waals surface area contributed by atoms with Gasteiger partial charge in [0.15, 0.2) is 5.78 Å². The number of fused-ring (bicyclic) bond motifs is 5. The monoisotopic (exact) mass is 302 g/mol. The molecule has 4 aliphatic carbocycles. The van der Waals surface area contributed by atoms with Gasteiger partial charge in [0.05, 0.1) is 6.10 Å². The maximum Gasteiger partial charge on any atom is 0.158 e. The summed E-state index contributed by atoms with van der Waals surface area (Å²) in [5, 5.41) is 10.7. The molecule has 6 atom stereocenters. The summed E-state index contributed by atoms with van der Waals surface area (Å²) in [5.41, 5.74) is 0.809. The molecule has 0 amide bonds. The predicted molar refractivity (Wildman–Crippen MR) is 83.1 cm³/mol. The van der Waals surface area contributed by atoms with E-state index in [4.69, 9.17) is 0 Å². The fourth-order valence-corrected chi connectivity index (χ4v) is 6.38. The van der Waals surface area contributed by atoms with Gasteiger partial charge >= 0.3 is 0 Å². The lowest BCUT2D eigenvalue weighted by Gasteiger charge is -2.58. The predicted octanol–water partition coefficient (Wildman–Crippen LogP) is 3.06. The van der Waals surface area contributed by atoms with Crippen LogP contribution in [0.5, 0.6) is 0 Å². The molecule has 4 aliphatic rings. The van der Waals surface area contributed by atoms with Gasteiger partial charge in [0.25, 0.3) is 0 Å². The van der Waals surface area contributed by atoms with Crippen LogP contribution in [0, 0.1) is 28.6 Å². The molecule has 0 aromatic carbocycles. The molecular formula is C19H26O3. The molecule has 0 unspecified atom stereocenters. The van der Waals surface area contributed by atoms with E-state index >= 15 is 0 Å².